The van der Waals surface area contributed by atoms with Crippen molar-refractivity contribution in [3.05, 3.63) is 120 Å². The molecule has 0 aliphatic carbocycles. The molecule has 0 fully saturated rings. The van der Waals surface area contributed by atoms with Crippen LogP contribution in [0.4, 0.5) is 0 Å². The summed E-state index contributed by atoms with van der Waals surface area (Å²) in [4.78, 5) is 0. The summed E-state index contributed by atoms with van der Waals surface area (Å²) in [6.07, 6.45) is 33.6. The molecule has 4 aromatic heterocycles. The van der Waals surface area contributed by atoms with Gasteiger partial charge in [-0.1, -0.05) is 24.3 Å². The van der Waals surface area contributed by atoms with E-state index in [0.29, 0.717) is 0 Å². The van der Waals surface area contributed by atoms with Gasteiger partial charge in [0.2, 0.25) is 0 Å². The predicted octanol–water partition coefficient (Wildman–Crippen LogP) is 5.23. The van der Waals surface area contributed by atoms with E-state index in [4.69, 9.17) is 0 Å². The van der Waals surface area contributed by atoms with E-state index in [0.717, 1.165) is 26.2 Å². The van der Waals surface area contributed by atoms with Gasteiger partial charge in [-0.05, 0) is 35.1 Å². The highest BCUT2D eigenvalue weighted by Crippen LogP contribution is 2.08. The summed E-state index contributed by atoms with van der Waals surface area (Å²) in [5.74, 6) is 0. The highest BCUT2D eigenvalue weighted by Gasteiger charge is 2.05. The number of aromatic nitrogens is 4. The summed E-state index contributed by atoms with van der Waals surface area (Å²) in [6.45, 7) is 4.26. The first-order valence-electron chi connectivity index (χ1n) is 14.1. The Labute approximate surface area is 227 Å². The second-order valence-electron chi connectivity index (χ2n) is 10.3. The Morgan fingerprint density at radius 1 is 0.289 bits per heavy atom. The number of aryl methyl sites for hydroxylation is 4. The smallest absolute Gasteiger partial charge is 0.169 e. The summed E-state index contributed by atoms with van der Waals surface area (Å²) in [6, 6.07) is 17.6. The van der Waals surface area contributed by atoms with E-state index >= 15 is 0 Å². The lowest BCUT2D eigenvalue weighted by Gasteiger charge is -2.01. The molecule has 0 atom stereocenters. The molecule has 4 aromatic rings. The van der Waals surface area contributed by atoms with Gasteiger partial charge in [0.1, 0.15) is 26.2 Å². The lowest BCUT2D eigenvalue weighted by Crippen LogP contribution is -2.34. The molecular formula is C34H40N4+4. The quantitative estimate of drug-likeness (QED) is 0.292. The van der Waals surface area contributed by atoms with Gasteiger partial charge in [0.25, 0.3) is 0 Å². The Hall–Kier alpha value is -3.92. The molecule has 8 bridgehead atoms. The fourth-order valence-electron chi connectivity index (χ4n) is 4.83. The number of nitrogens with zero attached hydrogens (tertiary/aromatic N) is 4. The molecule has 4 heteroatoms. The largest absolute Gasteiger partial charge is 0.205 e. The van der Waals surface area contributed by atoms with Gasteiger partial charge in [0.05, 0.1) is 0 Å². The van der Waals surface area contributed by atoms with Crippen molar-refractivity contribution in [2.75, 3.05) is 0 Å². The third-order valence-electron chi connectivity index (χ3n) is 7.27. The Morgan fingerprint density at radius 2 is 0.500 bits per heavy atom. The highest BCUT2D eigenvalue weighted by molar-refractivity contribution is 5.69. The fraction of sp³-hybridized carbons (Fsp3) is 0.294. The maximum absolute atomic E-state index is 2.29. The van der Waals surface area contributed by atoms with Gasteiger partial charge in [0, 0.05) is 74.2 Å². The average molecular weight is 505 g/mol. The van der Waals surface area contributed by atoms with Crippen molar-refractivity contribution in [2.24, 2.45) is 0 Å². The molecule has 7 aliphatic rings. The van der Waals surface area contributed by atoms with Crippen LogP contribution in [0.15, 0.2) is 98.1 Å². The van der Waals surface area contributed by atoms with E-state index in [-0.39, 0.29) is 0 Å². The van der Waals surface area contributed by atoms with E-state index in [2.05, 4.69) is 141 Å². The number of pyridine rings is 4. The molecule has 192 valence electrons. The van der Waals surface area contributed by atoms with Gasteiger partial charge >= 0.3 is 0 Å². The van der Waals surface area contributed by atoms with Gasteiger partial charge < -0.3 is 0 Å². The van der Waals surface area contributed by atoms with Crippen LogP contribution in [-0.4, -0.2) is 0 Å². The molecule has 38 heavy (non-hydrogen) atoms. The van der Waals surface area contributed by atoms with Gasteiger partial charge in [-0.2, -0.15) is 0 Å². The lowest BCUT2D eigenvalue weighted by molar-refractivity contribution is -0.701. The minimum Gasteiger partial charge on any atom is -0.205 e. The van der Waals surface area contributed by atoms with Crippen molar-refractivity contribution in [3.8, 4) is 0 Å². The topological polar surface area (TPSA) is 15.5 Å². The van der Waals surface area contributed by atoms with Crippen molar-refractivity contribution >= 4 is 24.3 Å². The van der Waals surface area contributed by atoms with Crippen LogP contribution in [0.5, 0.6) is 0 Å². The maximum atomic E-state index is 2.29. The number of hydrogen-bond acceptors (Lipinski definition) is 0. The van der Waals surface area contributed by atoms with Crippen molar-refractivity contribution in [3.63, 3.8) is 0 Å². The van der Waals surface area contributed by atoms with Gasteiger partial charge in [0.15, 0.2) is 49.6 Å². The molecule has 11 rings (SSSR count). The normalized spacial score (nSPS) is 16.8. The van der Waals surface area contributed by atoms with Crippen molar-refractivity contribution in [1.29, 1.82) is 0 Å². The zero-order chi connectivity index (χ0) is 25.8. The molecule has 0 unspecified atom stereocenters. The molecular weight excluding hydrogens is 464 g/mol. The van der Waals surface area contributed by atoms with Crippen molar-refractivity contribution < 1.29 is 18.3 Å². The standard InChI is InChI=1S/C34H40N4/c1-3-19-35-23-11-31(12-24-35)7-9-33-15-27-37(28-16-33)21-5-2-6-22-38-29-17-34(18-30-38)10-8-32-13-25-36(20-4-1)26-14-32/h7-18,23-30H,1-6,19-22H2/q+4/b9-7+,10-8+. The maximum Gasteiger partial charge on any atom is 0.169 e. The third-order valence-corrected chi connectivity index (χ3v) is 7.27. The van der Waals surface area contributed by atoms with E-state index in [9.17, 15) is 0 Å². The van der Waals surface area contributed by atoms with Gasteiger partial charge in [-0.25, -0.2) is 18.3 Å². The van der Waals surface area contributed by atoms with Crippen LogP contribution < -0.4 is 18.3 Å². The molecule has 0 N–H and O–H groups in total. The first-order valence-corrected chi connectivity index (χ1v) is 14.1. The van der Waals surface area contributed by atoms with Crippen LogP contribution in [0.25, 0.3) is 24.3 Å². The van der Waals surface area contributed by atoms with Gasteiger partial charge in [-0.15, -0.1) is 0 Å². The minimum absolute atomic E-state index is 1.07. The average Bonchev–Trinajstić information content (AvgIpc) is 2.97. The zero-order valence-corrected chi connectivity index (χ0v) is 22.4. The molecule has 11 heterocycles. The zero-order valence-electron chi connectivity index (χ0n) is 22.4. The first kappa shape index (κ1) is 25.7. The molecule has 0 aromatic carbocycles. The Bertz CT molecular complexity index is 1110. The lowest BCUT2D eigenvalue weighted by atomic mass is 10.1. The second kappa shape index (κ2) is 13.6. The summed E-state index contributed by atoms with van der Waals surface area (Å²) in [5, 5.41) is 0. The molecule has 0 saturated heterocycles. The van der Waals surface area contributed by atoms with Crippen molar-refractivity contribution in [2.45, 2.75) is 64.7 Å². The van der Waals surface area contributed by atoms with Gasteiger partial charge in [-0.3, -0.25) is 0 Å². The number of rotatable bonds is 0. The van der Waals surface area contributed by atoms with Crippen molar-refractivity contribution in [1.82, 2.24) is 0 Å². The van der Waals surface area contributed by atoms with E-state index in [1.54, 1.807) is 0 Å². The monoisotopic (exact) mass is 504 g/mol. The molecule has 7 aliphatic heterocycles. The molecule has 0 amide bonds. The molecule has 0 radical (unpaired) electrons. The summed E-state index contributed by atoms with van der Waals surface area (Å²) >= 11 is 0. The Kier molecular flexibility index (Phi) is 9.19. The molecule has 0 saturated carbocycles. The van der Waals surface area contributed by atoms with E-state index in [1.165, 1.54) is 60.8 Å². The van der Waals surface area contributed by atoms with Crippen LogP contribution in [0, 0.1) is 0 Å². The highest BCUT2D eigenvalue weighted by atomic mass is 14.9. The van der Waals surface area contributed by atoms with Crippen LogP contribution in [0.3, 0.4) is 0 Å². The summed E-state index contributed by atoms with van der Waals surface area (Å²) < 4.78 is 9.18. The third kappa shape index (κ3) is 8.04. The number of hydrogen-bond donors (Lipinski definition) is 0. The summed E-state index contributed by atoms with van der Waals surface area (Å²) in [5.41, 5.74) is 4.94. The molecule has 0 spiro atoms. The Balaban J connectivity index is 1.23. The van der Waals surface area contributed by atoms with E-state index < -0.39 is 0 Å². The Morgan fingerprint density at radius 3 is 0.711 bits per heavy atom. The van der Waals surface area contributed by atoms with Crippen LogP contribution in [-0.2, 0) is 26.2 Å². The van der Waals surface area contributed by atoms with Crippen LogP contribution in [0.1, 0.15) is 60.8 Å². The predicted molar refractivity (Wildman–Crippen MR) is 152 cm³/mol. The minimum atomic E-state index is 1.07. The summed E-state index contributed by atoms with van der Waals surface area (Å²) in [7, 11) is 0. The van der Waals surface area contributed by atoms with Crippen LogP contribution >= 0.6 is 0 Å². The van der Waals surface area contributed by atoms with E-state index in [1.807, 2.05) is 0 Å². The SMILES string of the molecule is C1=C/c2cc[n+](cc2)CCCCC[n+]2ccc(cc2)/C=C/c2cc[n+](cc2)CCCCC[n+]2ccc/1cc2. The second-order valence-corrected chi connectivity index (χ2v) is 10.3. The van der Waals surface area contributed by atoms with Crippen LogP contribution in [0.2, 0.25) is 0 Å². The fourth-order valence-corrected chi connectivity index (χ4v) is 4.83. The first-order chi connectivity index (χ1) is 18.8. The molecule has 4 nitrogen and oxygen atoms in total.